The molecule has 368 valence electrons. The van der Waals surface area contributed by atoms with E-state index in [9.17, 15) is 27.9 Å². The van der Waals surface area contributed by atoms with Crippen molar-refractivity contribution in [3.05, 3.63) is 148 Å². The second kappa shape index (κ2) is 20.4. The maximum Gasteiger partial charge on any atom is 0.273 e. The molecule has 2 aliphatic rings. The van der Waals surface area contributed by atoms with Gasteiger partial charge in [0.05, 0.1) is 53.7 Å². The van der Waals surface area contributed by atoms with Crippen LogP contribution < -0.4 is 28.4 Å². The molecule has 0 unspecified atom stereocenters. The highest BCUT2D eigenvalue weighted by Gasteiger charge is 2.30. The number of fused-ring (bicyclic) bond motifs is 4. The lowest BCUT2D eigenvalue weighted by molar-refractivity contribution is 0.0723. The molecule has 0 saturated heterocycles. The first-order valence-electron chi connectivity index (χ1n) is 22.6. The smallest absolute Gasteiger partial charge is 0.273 e. The maximum absolute atomic E-state index is 14.2. The van der Waals surface area contributed by atoms with Crippen LogP contribution in [0.4, 0.5) is 13.2 Å². The summed E-state index contributed by atoms with van der Waals surface area (Å²) in [4.78, 5) is 49.3. The number of halogens is 3. The zero-order valence-corrected chi connectivity index (χ0v) is 40.0. The number of hydrogen-bond donors (Lipinski definition) is 1. The first-order valence-corrected chi connectivity index (χ1v) is 22.6. The first-order chi connectivity index (χ1) is 34.8. The van der Waals surface area contributed by atoms with E-state index in [1.54, 1.807) is 58.3 Å². The molecular weight excluding hydrogens is 934 g/mol. The molecular formula is C54H47F3N6O9. The van der Waals surface area contributed by atoms with Gasteiger partial charge in [-0.2, -0.15) is 0 Å². The zero-order valence-electron chi connectivity index (χ0n) is 40.0. The fourth-order valence-corrected chi connectivity index (χ4v) is 8.90. The lowest BCUT2D eigenvalue weighted by Crippen LogP contribution is -2.36. The summed E-state index contributed by atoms with van der Waals surface area (Å²) in [5, 5.41) is 11.3. The van der Waals surface area contributed by atoms with Crippen LogP contribution in [0.15, 0.2) is 97.1 Å². The number of ether oxygens (including phenoxy) is 6. The Balaban J connectivity index is 0.000000178. The van der Waals surface area contributed by atoms with Crippen LogP contribution in [0.2, 0.25) is 0 Å². The van der Waals surface area contributed by atoms with E-state index in [1.807, 2.05) is 6.07 Å². The van der Waals surface area contributed by atoms with Crippen molar-refractivity contribution in [1.29, 1.82) is 0 Å². The molecule has 15 nitrogen and oxygen atoms in total. The fourth-order valence-electron chi connectivity index (χ4n) is 8.90. The molecule has 4 heterocycles. The standard InChI is InChI=1S/C27H23F2N3O4.C27H24FN3O5/c1-34-22-11-17(12-23(35-2)25(22)36-3)26-30-21-7-6-19(29)13-20(21)24(31-26)27(33)32-9-8-15-10-18(28)5-4-16(15)14-32;1-34-21-9-6-16-14-31(11-10-18(16)25(21)32)27(33)24-19-12-22(35-2)23(36-3)13-20(19)29-26(30-24)15-4-7-17(28)8-5-15/h4-7,10-13H,8-9,14H2,1-3H3;4-9,12-13,32H,10-11,14H2,1-3H3. The van der Waals surface area contributed by atoms with E-state index >= 15 is 0 Å². The Morgan fingerprint density at radius 2 is 1.01 bits per heavy atom. The first kappa shape index (κ1) is 48.4. The Bertz CT molecular complexity index is 3390. The average Bonchev–Trinajstić information content (AvgIpc) is 3.41. The monoisotopic (exact) mass is 980 g/mol. The molecule has 0 atom stereocenters. The van der Waals surface area contributed by atoms with Gasteiger partial charge in [0, 0.05) is 59.7 Å². The summed E-state index contributed by atoms with van der Waals surface area (Å²) in [6.07, 6.45) is 0.977. The third-order valence-corrected chi connectivity index (χ3v) is 12.6. The van der Waals surface area contributed by atoms with Crippen LogP contribution in [-0.2, 0) is 25.9 Å². The highest BCUT2D eigenvalue weighted by atomic mass is 19.1. The van der Waals surface area contributed by atoms with Gasteiger partial charge in [-0.25, -0.2) is 33.1 Å². The van der Waals surface area contributed by atoms with Gasteiger partial charge in [0.25, 0.3) is 11.8 Å². The van der Waals surface area contributed by atoms with Crippen molar-refractivity contribution < 1.29 is 56.3 Å². The number of methoxy groups -OCH3 is 6. The predicted molar refractivity (Wildman–Crippen MR) is 261 cm³/mol. The van der Waals surface area contributed by atoms with E-state index in [-0.39, 0.29) is 52.2 Å². The minimum Gasteiger partial charge on any atom is -0.504 e. The predicted octanol–water partition coefficient (Wildman–Crippen LogP) is 9.17. The number of aromatic hydroxyl groups is 1. The van der Waals surface area contributed by atoms with Crippen molar-refractivity contribution in [2.45, 2.75) is 25.9 Å². The molecule has 8 aromatic rings. The van der Waals surface area contributed by atoms with Gasteiger partial charge in [0.1, 0.15) is 28.8 Å². The quantitative estimate of drug-likeness (QED) is 0.138. The molecule has 2 aromatic heterocycles. The molecule has 6 aromatic carbocycles. The Labute approximate surface area is 411 Å². The summed E-state index contributed by atoms with van der Waals surface area (Å²) in [5.74, 6) is 1.32. The van der Waals surface area contributed by atoms with Gasteiger partial charge >= 0.3 is 0 Å². The summed E-state index contributed by atoms with van der Waals surface area (Å²) < 4.78 is 73.7. The number of nitrogens with zero attached hydrogens (tertiary/aromatic N) is 6. The molecule has 0 bridgehead atoms. The number of phenols is 1. The Morgan fingerprint density at radius 3 is 1.65 bits per heavy atom. The van der Waals surface area contributed by atoms with Crippen molar-refractivity contribution in [3.8, 4) is 63.0 Å². The molecule has 0 aliphatic carbocycles. The van der Waals surface area contributed by atoms with Crippen LogP contribution in [0.25, 0.3) is 44.6 Å². The van der Waals surface area contributed by atoms with Crippen LogP contribution in [0, 0.1) is 17.5 Å². The van der Waals surface area contributed by atoms with Gasteiger partial charge in [0.2, 0.25) is 5.75 Å². The molecule has 1 N–H and O–H groups in total. The summed E-state index contributed by atoms with van der Waals surface area (Å²) in [7, 11) is 9.04. The van der Waals surface area contributed by atoms with Gasteiger partial charge in [-0.1, -0.05) is 12.1 Å². The molecule has 18 heteroatoms. The van der Waals surface area contributed by atoms with Crippen molar-refractivity contribution in [1.82, 2.24) is 29.7 Å². The molecule has 2 aliphatic heterocycles. The second-order valence-corrected chi connectivity index (χ2v) is 16.7. The number of amides is 2. The van der Waals surface area contributed by atoms with Crippen LogP contribution in [0.1, 0.15) is 43.2 Å². The largest absolute Gasteiger partial charge is 0.504 e. The zero-order chi connectivity index (χ0) is 50.8. The minimum atomic E-state index is -0.500. The molecule has 2 amide bonds. The van der Waals surface area contributed by atoms with Gasteiger partial charge in [0.15, 0.2) is 46.1 Å². The number of carbonyl (C=O) groups is 2. The summed E-state index contributed by atoms with van der Waals surface area (Å²) in [6, 6.07) is 24.7. The number of hydrogen-bond acceptors (Lipinski definition) is 13. The topological polar surface area (TPSA) is 168 Å². The van der Waals surface area contributed by atoms with E-state index in [4.69, 9.17) is 28.4 Å². The Morgan fingerprint density at radius 1 is 0.486 bits per heavy atom. The highest BCUT2D eigenvalue weighted by molar-refractivity contribution is 6.06. The van der Waals surface area contributed by atoms with Crippen molar-refractivity contribution >= 4 is 33.6 Å². The van der Waals surface area contributed by atoms with Crippen LogP contribution in [0.5, 0.6) is 40.2 Å². The third-order valence-electron chi connectivity index (χ3n) is 12.6. The maximum atomic E-state index is 14.2. The Kier molecular flexibility index (Phi) is 13.7. The lowest BCUT2D eigenvalue weighted by Gasteiger charge is -2.29. The van der Waals surface area contributed by atoms with Crippen molar-refractivity contribution in [2.75, 3.05) is 55.7 Å². The second-order valence-electron chi connectivity index (χ2n) is 16.7. The molecule has 0 spiro atoms. The highest BCUT2D eigenvalue weighted by Crippen LogP contribution is 2.42. The fraction of sp³-hybridized carbons (Fsp3) is 0.222. The van der Waals surface area contributed by atoms with Crippen LogP contribution in [-0.4, -0.2) is 102 Å². The van der Waals surface area contributed by atoms with Gasteiger partial charge < -0.3 is 43.3 Å². The van der Waals surface area contributed by atoms with Crippen LogP contribution >= 0.6 is 0 Å². The normalized spacial score (nSPS) is 12.8. The number of phenolic OH excluding ortho intramolecular Hbond substituents is 1. The third kappa shape index (κ3) is 9.37. The molecule has 72 heavy (non-hydrogen) atoms. The number of aromatic nitrogens is 4. The molecule has 10 rings (SSSR count). The van der Waals surface area contributed by atoms with E-state index in [0.717, 1.165) is 22.3 Å². The Hall–Kier alpha value is -8.67. The summed E-state index contributed by atoms with van der Waals surface area (Å²) in [5.41, 5.74) is 5.63. The molecule has 0 saturated carbocycles. The SMILES string of the molecule is COc1cc(-c2nc(C(=O)N3CCc4cc(F)ccc4C3)c3cc(F)ccc3n2)cc(OC)c1OC.COc1cc2nc(-c3ccc(F)cc3)nc(C(=O)N3CCc4c(ccc(OC)c4O)C3)c2cc1OC. The van der Waals surface area contributed by atoms with E-state index < -0.39 is 5.82 Å². The van der Waals surface area contributed by atoms with Crippen molar-refractivity contribution in [2.24, 2.45) is 0 Å². The van der Waals surface area contributed by atoms with E-state index in [2.05, 4.69) is 19.9 Å². The number of rotatable bonds is 10. The number of carbonyl (C=O) groups excluding carboxylic acids is 2. The lowest BCUT2D eigenvalue weighted by atomic mass is 9.97. The summed E-state index contributed by atoms with van der Waals surface area (Å²) in [6.45, 7) is 1.37. The average molecular weight is 981 g/mol. The molecule has 0 radical (unpaired) electrons. The molecule has 0 fully saturated rings. The van der Waals surface area contributed by atoms with Gasteiger partial charge in [-0.05, 0) is 108 Å². The number of benzene rings is 6. The van der Waals surface area contributed by atoms with Crippen LogP contribution in [0.3, 0.4) is 0 Å². The van der Waals surface area contributed by atoms with E-state index in [1.165, 1.54) is 85.1 Å². The van der Waals surface area contributed by atoms with E-state index in [0.29, 0.717) is 106 Å². The minimum absolute atomic E-state index is 0.0776. The van der Waals surface area contributed by atoms with Gasteiger partial charge in [-0.3, -0.25) is 9.59 Å². The van der Waals surface area contributed by atoms with Gasteiger partial charge in [-0.15, -0.1) is 0 Å². The van der Waals surface area contributed by atoms with Crippen molar-refractivity contribution in [3.63, 3.8) is 0 Å². The summed E-state index contributed by atoms with van der Waals surface area (Å²) >= 11 is 0.